The van der Waals surface area contributed by atoms with Gasteiger partial charge in [0.25, 0.3) is 0 Å². The number of nitrogens with one attached hydrogen (secondary N) is 2. The van der Waals surface area contributed by atoms with Gasteiger partial charge in [0.2, 0.25) is 11.8 Å². The second kappa shape index (κ2) is 6.89. The zero-order chi connectivity index (χ0) is 15.4. The number of nitrogens with zero attached hydrogens (tertiary/aromatic N) is 2. The van der Waals surface area contributed by atoms with Gasteiger partial charge in [0.1, 0.15) is 6.54 Å². The van der Waals surface area contributed by atoms with E-state index in [2.05, 4.69) is 17.6 Å². The van der Waals surface area contributed by atoms with Gasteiger partial charge in [-0.3, -0.25) is 14.5 Å². The molecule has 0 aromatic carbocycles. The smallest absolute Gasteiger partial charge is 0.326 e. The average Bonchev–Trinajstić information content (AvgIpc) is 2.68. The Bertz CT molecular complexity index is 426. The van der Waals surface area contributed by atoms with Crippen LogP contribution < -0.4 is 10.6 Å². The van der Waals surface area contributed by atoms with Gasteiger partial charge in [0, 0.05) is 32.6 Å². The molecular formula is C14H24N4O3. The molecule has 0 saturated carbocycles. The lowest BCUT2D eigenvalue weighted by molar-refractivity contribution is -0.126. The molecule has 0 spiro atoms. The molecule has 0 radical (unpaired) electrons. The minimum absolute atomic E-state index is 0.0111. The van der Waals surface area contributed by atoms with Crippen LogP contribution >= 0.6 is 0 Å². The highest BCUT2D eigenvalue weighted by molar-refractivity contribution is 6.01. The summed E-state index contributed by atoms with van der Waals surface area (Å²) in [5.41, 5.74) is 0. The maximum Gasteiger partial charge on any atom is 0.326 e. The summed E-state index contributed by atoms with van der Waals surface area (Å²) in [6.45, 7) is 4.40. The number of urea groups is 1. The van der Waals surface area contributed by atoms with Gasteiger partial charge in [-0.15, -0.1) is 0 Å². The Labute approximate surface area is 125 Å². The lowest BCUT2D eigenvalue weighted by Crippen LogP contribution is -2.50. The van der Waals surface area contributed by atoms with Crippen molar-refractivity contribution in [3.05, 3.63) is 0 Å². The van der Waals surface area contributed by atoms with Crippen molar-refractivity contribution in [2.24, 2.45) is 5.92 Å². The van der Waals surface area contributed by atoms with E-state index in [1.165, 1.54) is 9.80 Å². The second-order valence-corrected chi connectivity index (χ2v) is 5.93. The van der Waals surface area contributed by atoms with Crippen LogP contribution in [0.1, 0.15) is 26.2 Å². The summed E-state index contributed by atoms with van der Waals surface area (Å²) < 4.78 is 0. The second-order valence-electron chi connectivity index (χ2n) is 5.93. The van der Waals surface area contributed by atoms with E-state index in [0.29, 0.717) is 25.3 Å². The first-order chi connectivity index (χ1) is 9.99. The molecule has 2 heterocycles. The van der Waals surface area contributed by atoms with E-state index in [0.717, 1.165) is 19.5 Å². The molecule has 4 amide bonds. The van der Waals surface area contributed by atoms with Crippen LogP contribution in [0.4, 0.5) is 4.79 Å². The fourth-order valence-electron chi connectivity index (χ4n) is 2.75. The fourth-order valence-corrected chi connectivity index (χ4v) is 2.75. The highest BCUT2D eigenvalue weighted by atomic mass is 16.2. The molecule has 2 unspecified atom stereocenters. The van der Waals surface area contributed by atoms with E-state index in [-0.39, 0.29) is 30.4 Å². The number of carbonyl (C=O) groups excluding carboxylic acids is 3. The molecule has 2 aliphatic rings. The normalized spacial score (nSPS) is 26.4. The molecule has 2 fully saturated rings. The van der Waals surface area contributed by atoms with Crippen molar-refractivity contribution in [1.82, 2.24) is 20.4 Å². The summed E-state index contributed by atoms with van der Waals surface area (Å²) in [4.78, 5) is 37.8. The number of carbonyl (C=O) groups is 3. The van der Waals surface area contributed by atoms with Crippen molar-refractivity contribution in [2.45, 2.75) is 32.2 Å². The van der Waals surface area contributed by atoms with Gasteiger partial charge in [-0.05, 0) is 25.3 Å². The van der Waals surface area contributed by atoms with Crippen molar-refractivity contribution in [3.8, 4) is 0 Å². The third kappa shape index (κ3) is 3.93. The summed E-state index contributed by atoms with van der Waals surface area (Å²) in [6, 6.07) is -0.0991. The molecule has 21 heavy (non-hydrogen) atoms. The van der Waals surface area contributed by atoms with Crippen LogP contribution in [0.15, 0.2) is 0 Å². The SMILES string of the molecule is CC1CCNCC1NC(=O)CCCN1C(=O)CN(C)C1=O. The van der Waals surface area contributed by atoms with Gasteiger partial charge in [0.15, 0.2) is 0 Å². The van der Waals surface area contributed by atoms with Crippen LogP contribution in [-0.2, 0) is 9.59 Å². The molecule has 0 bridgehead atoms. The van der Waals surface area contributed by atoms with Gasteiger partial charge in [-0.25, -0.2) is 4.79 Å². The third-order valence-corrected chi connectivity index (χ3v) is 4.19. The Balaban J connectivity index is 1.69. The molecule has 7 heteroatoms. The van der Waals surface area contributed by atoms with Crippen molar-refractivity contribution in [2.75, 3.05) is 33.2 Å². The Morgan fingerprint density at radius 1 is 1.43 bits per heavy atom. The van der Waals surface area contributed by atoms with Gasteiger partial charge in [-0.1, -0.05) is 6.92 Å². The number of hydrogen-bond acceptors (Lipinski definition) is 4. The topological polar surface area (TPSA) is 81.8 Å². The highest BCUT2D eigenvalue weighted by Crippen LogP contribution is 2.12. The molecule has 2 aliphatic heterocycles. The molecule has 7 nitrogen and oxygen atoms in total. The van der Waals surface area contributed by atoms with Gasteiger partial charge in [0.05, 0.1) is 0 Å². The van der Waals surface area contributed by atoms with E-state index in [9.17, 15) is 14.4 Å². The molecule has 118 valence electrons. The summed E-state index contributed by atoms with van der Waals surface area (Å²) in [6.07, 6.45) is 1.91. The number of rotatable bonds is 5. The zero-order valence-corrected chi connectivity index (χ0v) is 12.7. The van der Waals surface area contributed by atoms with Crippen LogP contribution in [0.25, 0.3) is 0 Å². The molecule has 2 saturated heterocycles. The molecule has 0 aliphatic carbocycles. The summed E-state index contributed by atoms with van der Waals surface area (Å²) in [7, 11) is 1.60. The molecule has 2 N–H and O–H groups in total. The quantitative estimate of drug-likeness (QED) is 0.687. The van der Waals surface area contributed by atoms with Crippen molar-refractivity contribution >= 4 is 17.8 Å². The Hall–Kier alpha value is -1.63. The molecule has 2 rings (SSSR count). The number of imide groups is 1. The average molecular weight is 296 g/mol. The lowest BCUT2D eigenvalue weighted by atomic mass is 9.95. The fraction of sp³-hybridized carbons (Fsp3) is 0.786. The highest BCUT2D eigenvalue weighted by Gasteiger charge is 2.33. The first-order valence-electron chi connectivity index (χ1n) is 7.54. The van der Waals surface area contributed by atoms with Gasteiger partial charge < -0.3 is 15.5 Å². The first-order valence-corrected chi connectivity index (χ1v) is 7.54. The van der Waals surface area contributed by atoms with Crippen molar-refractivity contribution in [1.29, 1.82) is 0 Å². The van der Waals surface area contributed by atoms with E-state index in [1.807, 2.05) is 0 Å². The largest absolute Gasteiger partial charge is 0.352 e. The van der Waals surface area contributed by atoms with E-state index >= 15 is 0 Å². The number of amides is 4. The zero-order valence-electron chi connectivity index (χ0n) is 12.7. The number of piperidine rings is 1. The Kier molecular flexibility index (Phi) is 5.17. The van der Waals surface area contributed by atoms with Crippen LogP contribution in [0.3, 0.4) is 0 Å². The van der Waals surface area contributed by atoms with E-state index in [1.54, 1.807) is 7.05 Å². The molecule has 0 aromatic rings. The minimum Gasteiger partial charge on any atom is -0.352 e. The van der Waals surface area contributed by atoms with E-state index in [4.69, 9.17) is 0 Å². The molecular weight excluding hydrogens is 272 g/mol. The third-order valence-electron chi connectivity index (χ3n) is 4.19. The number of likely N-dealkylation sites (N-methyl/N-ethyl adjacent to an activating group) is 1. The molecule has 2 atom stereocenters. The molecule has 0 aromatic heterocycles. The maximum atomic E-state index is 11.9. The Morgan fingerprint density at radius 2 is 2.19 bits per heavy atom. The predicted octanol–water partition coefficient (Wildman–Crippen LogP) is -0.225. The summed E-state index contributed by atoms with van der Waals surface area (Å²) in [5.74, 6) is 0.279. The lowest BCUT2D eigenvalue weighted by Gasteiger charge is -2.30. The monoisotopic (exact) mass is 296 g/mol. The number of hydrogen-bond donors (Lipinski definition) is 2. The van der Waals surface area contributed by atoms with Crippen molar-refractivity contribution < 1.29 is 14.4 Å². The standard InChI is InChI=1S/C14H24N4O3/c1-10-5-6-15-8-11(10)16-12(19)4-3-7-18-13(20)9-17(2)14(18)21/h10-11,15H,3-9H2,1-2H3,(H,16,19). The van der Waals surface area contributed by atoms with Crippen molar-refractivity contribution in [3.63, 3.8) is 0 Å². The van der Waals surface area contributed by atoms with E-state index < -0.39 is 0 Å². The van der Waals surface area contributed by atoms with Crippen LogP contribution in [0.5, 0.6) is 0 Å². The minimum atomic E-state index is -0.273. The summed E-state index contributed by atoms with van der Waals surface area (Å²) in [5, 5.41) is 6.30. The van der Waals surface area contributed by atoms with Crippen LogP contribution in [0.2, 0.25) is 0 Å². The van der Waals surface area contributed by atoms with Gasteiger partial charge in [-0.2, -0.15) is 0 Å². The Morgan fingerprint density at radius 3 is 2.81 bits per heavy atom. The van der Waals surface area contributed by atoms with Crippen LogP contribution in [0, 0.1) is 5.92 Å². The maximum absolute atomic E-state index is 11.9. The predicted molar refractivity (Wildman–Crippen MR) is 77.6 cm³/mol. The van der Waals surface area contributed by atoms with Crippen LogP contribution in [-0.4, -0.2) is 66.9 Å². The first kappa shape index (κ1) is 15.8. The van der Waals surface area contributed by atoms with Gasteiger partial charge >= 0.3 is 6.03 Å². The summed E-state index contributed by atoms with van der Waals surface area (Å²) >= 11 is 0.